The van der Waals surface area contributed by atoms with Crippen molar-refractivity contribution in [3.8, 4) is 6.07 Å². The third-order valence-corrected chi connectivity index (χ3v) is 4.64. The summed E-state index contributed by atoms with van der Waals surface area (Å²) >= 11 is 0. The maximum atomic E-state index is 14.3. The Bertz CT molecular complexity index is 1080. The Morgan fingerprint density at radius 2 is 1.93 bits per heavy atom. The fourth-order valence-electron chi connectivity index (χ4n) is 3.10. The van der Waals surface area contributed by atoms with E-state index in [1.807, 2.05) is 6.07 Å². The second kappa shape index (κ2) is 8.07. The van der Waals surface area contributed by atoms with E-state index in [2.05, 4.69) is 5.32 Å². The largest absolute Gasteiger partial charge is 0.330 e. The molecule has 0 spiro atoms. The molecule has 29 heavy (non-hydrogen) atoms. The highest BCUT2D eigenvalue weighted by Gasteiger charge is 2.24. The van der Waals surface area contributed by atoms with Gasteiger partial charge >= 0.3 is 0 Å². The number of nitriles is 1. The first-order chi connectivity index (χ1) is 13.8. The van der Waals surface area contributed by atoms with Crippen molar-refractivity contribution in [2.75, 3.05) is 7.05 Å². The van der Waals surface area contributed by atoms with Crippen LogP contribution in [0.3, 0.4) is 0 Å². The normalized spacial score (nSPS) is 16.1. The van der Waals surface area contributed by atoms with Crippen LogP contribution in [0.5, 0.6) is 0 Å². The van der Waals surface area contributed by atoms with Crippen molar-refractivity contribution < 1.29 is 13.6 Å². The smallest absolute Gasteiger partial charge is 0.251 e. The highest BCUT2D eigenvalue weighted by molar-refractivity contribution is 5.98. The maximum Gasteiger partial charge on any atom is 0.251 e. The van der Waals surface area contributed by atoms with Crippen LogP contribution in [0.1, 0.15) is 29.5 Å². The lowest BCUT2D eigenvalue weighted by atomic mass is 9.93. The van der Waals surface area contributed by atoms with Gasteiger partial charge in [0.05, 0.1) is 17.3 Å². The van der Waals surface area contributed by atoms with Gasteiger partial charge in [0.1, 0.15) is 17.5 Å². The summed E-state index contributed by atoms with van der Waals surface area (Å²) in [4.78, 5) is 13.9. The van der Waals surface area contributed by atoms with Crippen LogP contribution in [-0.4, -0.2) is 23.6 Å². The Balaban J connectivity index is 2.01. The molecule has 0 radical (unpaired) electrons. The molecule has 1 aliphatic rings. The number of hydrogen-bond acceptors (Lipinski definition) is 4. The topological polar surface area (TPSA) is 80.0 Å². The summed E-state index contributed by atoms with van der Waals surface area (Å²) in [5.74, 6) is -2.24. The molecule has 5 nitrogen and oxygen atoms in total. The van der Waals surface area contributed by atoms with Gasteiger partial charge < -0.3 is 15.6 Å². The molecule has 1 atom stereocenters. The molecule has 2 aromatic rings. The highest BCUT2D eigenvalue weighted by atomic mass is 19.1. The minimum atomic E-state index is -0.784. The van der Waals surface area contributed by atoms with Gasteiger partial charge in [0, 0.05) is 36.4 Å². The first-order valence-electron chi connectivity index (χ1n) is 8.79. The van der Waals surface area contributed by atoms with Gasteiger partial charge in [-0.05, 0) is 36.8 Å². The van der Waals surface area contributed by atoms with Gasteiger partial charge in [-0.15, -0.1) is 0 Å². The van der Waals surface area contributed by atoms with E-state index in [4.69, 9.17) is 10.7 Å². The minimum Gasteiger partial charge on any atom is -0.330 e. The number of carbonyl (C=O) groups excluding carboxylic acids is 1. The third-order valence-electron chi connectivity index (χ3n) is 4.64. The van der Waals surface area contributed by atoms with Gasteiger partial charge in [0.25, 0.3) is 5.91 Å². The fourth-order valence-corrected chi connectivity index (χ4v) is 3.10. The number of halogens is 2. The number of rotatable bonds is 4. The van der Waals surface area contributed by atoms with Gasteiger partial charge in [0.2, 0.25) is 0 Å². The summed E-state index contributed by atoms with van der Waals surface area (Å²) in [5.41, 5.74) is 2.09. The van der Waals surface area contributed by atoms with E-state index in [9.17, 15) is 13.6 Å². The second-order valence-corrected chi connectivity index (χ2v) is 6.65. The maximum absolute atomic E-state index is 14.3. The summed E-state index contributed by atoms with van der Waals surface area (Å²) in [6.45, 7) is 1.52. The Kier molecular flexibility index (Phi) is 5.55. The van der Waals surface area contributed by atoms with Crippen molar-refractivity contribution in [1.82, 2.24) is 10.2 Å². The molecule has 3 rings (SSSR count). The van der Waals surface area contributed by atoms with Crippen LogP contribution in [-0.2, 0) is 4.79 Å². The molecular formula is C22H18F2N4O. The standard InChI is InChI=1S/C22H18F2N4O/c1-13(26)18(17-8-7-16(23)9-19(17)24)10-21-27-22(29)11-20(28(21)2)15-5-3-14(12-25)4-6-15/h3-11,18,26H,1-2H3,(H,27,29)/b21-10+,26-13?. The average molecular weight is 392 g/mol. The zero-order valence-electron chi connectivity index (χ0n) is 15.8. The predicted octanol–water partition coefficient (Wildman–Crippen LogP) is 3.90. The molecule has 0 bridgehead atoms. The molecule has 0 fully saturated rings. The molecule has 146 valence electrons. The second-order valence-electron chi connectivity index (χ2n) is 6.65. The van der Waals surface area contributed by atoms with Gasteiger partial charge in [-0.3, -0.25) is 4.79 Å². The van der Waals surface area contributed by atoms with Crippen molar-refractivity contribution in [2.24, 2.45) is 0 Å². The molecule has 2 aromatic carbocycles. The molecule has 0 saturated heterocycles. The fraction of sp³-hybridized carbons (Fsp3) is 0.136. The SMILES string of the molecule is CC(=N)C(/C=C1\NC(=O)C=C(c2ccc(C#N)cc2)N1C)c1ccc(F)cc1F. The summed E-state index contributed by atoms with van der Waals surface area (Å²) in [6.07, 6.45) is 2.98. The number of amides is 1. The quantitative estimate of drug-likeness (QED) is 0.775. The number of nitrogens with one attached hydrogen (secondary N) is 2. The minimum absolute atomic E-state index is 0.139. The van der Waals surface area contributed by atoms with Crippen molar-refractivity contribution >= 4 is 17.3 Å². The van der Waals surface area contributed by atoms with Crippen LogP contribution in [0, 0.1) is 28.4 Å². The van der Waals surface area contributed by atoms with Crippen LogP contribution < -0.4 is 5.32 Å². The predicted molar refractivity (Wildman–Crippen MR) is 106 cm³/mol. The highest BCUT2D eigenvalue weighted by Crippen LogP contribution is 2.29. The number of allylic oxidation sites excluding steroid dienone is 1. The van der Waals surface area contributed by atoms with E-state index in [1.54, 1.807) is 42.3 Å². The Hall–Kier alpha value is -3.79. The van der Waals surface area contributed by atoms with Crippen molar-refractivity contribution in [3.05, 3.63) is 88.8 Å². The molecule has 1 aliphatic heterocycles. The summed E-state index contributed by atoms with van der Waals surface area (Å²) in [7, 11) is 1.73. The summed E-state index contributed by atoms with van der Waals surface area (Å²) in [5, 5.41) is 19.7. The van der Waals surface area contributed by atoms with Crippen LogP contribution in [0.2, 0.25) is 0 Å². The molecule has 1 heterocycles. The summed E-state index contributed by atoms with van der Waals surface area (Å²) in [6, 6.07) is 12.0. The molecule has 2 N–H and O–H groups in total. The molecule has 0 saturated carbocycles. The molecular weight excluding hydrogens is 374 g/mol. The Labute approximate surface area is 167 Å². The lowest BCUT2D eigenvalue weighted by Gasteiger charge is -2.31. The van der Waals surface area contributed by atoms with Crippen LogP contribution in [0.4, 0.5) is 8.78 Å². The van der Waals surface area contributed by atoms with Crippen molar-refractivity contribution in [3.63, 3.8) is 0 Å². The van der Waals surface area contributed by atoms with E-state index >= 15 is 0 Å². The van der Waals surface area contributed by atoms with Crippen LogP contribution >= 0.6 is 0 Å². The zero-order valence-corrected chi connectivity index (χ0v) is 15.8. The van der Waals surface area contributed by atoms with Crippen molar-refractivity contribution in [1.29, 1.82) is 10.7 Å². The van der Waals surface area contributed by atoms with Crippen LogP contribution in [0.15, 0.2) is 60.4 Å². The van der Waals surface area contributed by atoms with Gasteiger partial charge in [-0.1, -0.05) is 18.2 Å². The first kappa shape index (κ1) is 20.0. The number of carbonyl (C=O) groups is 1. The van der Waals surface area contributed by atoms with Gasteiger partial charge in [-0.25, -0.2) is 8.78 Å². The van der Waals surface area contributed by atoms with E-state index in [0.29, 0.717) is 17.1 Å². The Morgan fingerprint density at radius 3 is 2.52 bits per heavy atom. The van der Waals surface area contributed by atoms with E-state index < -0.39 is 17.6 Å². The average Bonchev–Trinajstić information content (AvgIpc) is 2.69. The first-order valence-corrected chi connectivity index (χ1v) is 8.79. The monoisotopic (exact) mass is 392 g/mol. The van der Waals surface area contributed by atoms with E-state index in [-0.39, 0.29) is 17.2 Å². The molecule has 0 aromatic heterocycles. The molecule has 1 amide bonds. The van der Waals surface area contributed by atoms with E-state index in [0.717, 1.165) is 17.7 Å². The number of benzene rings is 2. The lowest BCUT2D eigenvalue weighted by molar-refractivity contribution is -0.116. The lowest BCUT2D eigenvalue weighted by Crippen LogP contribution is -2.37. The van der Waals surface area contributed by atoms with Crippen LogP contribution in [0.25, 0.3) is 5.70 Å². The van der Waals surface area contributed by atoms with E-state index in [1.165, 1.54) is 19.1 Å². The van der Waals surface area contributed by atoms with Gasteiger partial charge in [0.15, 0.2) is 0 Å². The zero-order chi connectivity index (χ0) is 21.1. The number of nitrogens with zero attached hydrogens (tertiary/aromatic N) is 2. The molecule has 0 aliphatic carbocycles. The summed E-state index contributed by atoms with van der Waals surface area (Å²) < 4.78 is 27.6. The third kappa shape index (κ3) is 4.22. The van der Waals surface area contributed by atoms with Crippen molar-refractivity contribution in [2.45, 2.75) is 12.8 Å². The molecule has 7 heteroatoms. The molecule has 1 unspecified atom stereocenters. The Morgan fingerprint density at radius 1 is 1.24 bits per heavy atom. The van der Waals surface area contributed by atoms with Gasteiger partial charge in [-0.2, -0.15) is 5.26 Å². The number of hydrogen-bond donors (Lipinski definition) is 2.